The van der Waals surface area contributed by atoms with Gasteiger partial charge in [-0.25, -0.2) is 0 Å². The summed E-state index contributed by atoms with van der Waals surface area (Å²) in [5.41, 5.74) is -0.681. The first-order valence-electron chi connectivity index (χ1n) is 4.84. The summed E-state index contributed by atoms with van der Waals surface area (Å²) in [5, 5.41) is 5.63. The number of hydrogen-bond acceptors (Lipinski definition) is 3. The molecule has 0 saturated carbocycles. The molecule has 0 aliphatic carbocycles. The molecule has 90 valence electrons. The molecule has 0 aliphatic rings. The maximum absolute atomic E-state index is 12.7. The number of nitrogens with one attached hydrogen (secondary N) is 1. The summed E-state index contributed by atoms with van der Waals surface area (Å²) in [4.78, 5) is 0. The van der Waals surface area contributed by atoms with Crippen LogP contribution in [0.15, 0.2) is 34.9 Å². The van der Waals surface area contributed by atoms with Gasteiger partial charge in [0.2, 0.25) is 5.88 Å². The van der Waals surface area contributed by atoms with Crippen molar-refractivity contribution in [2.75, 3.05) is 12.4 Å². The molecule has 17 heavy (non-hydrogen) atoms. The Morgan fingerprint density at radius 1 is 1.18 bits per heavy atom. The molecule has 0 bridgehead atoms. The van der Waals surface area contributed by atoms with Gasteiger partial charge in [0.25, 0.3) is 0 Å². The van der Waals surface area contributed by atoms with Gasteiger partial charge in [-0.1, -0.05) is 35.5 Å². The first kappa shape index (κ1) is 11.5. The van der Waals surface area contributed by atoms with E-state index in [2.05, 4.69) is 15.0 Å². The van der Waals surface area contributed by atoms with Crippen LogP contribution >= 0.6 is 0 Å². The van der Waals surface area contributed by atoms with Crippen molar-refractivity contribution in [1.29, 1.82) is 0 Å². The fourth-order valence-corrected chi connectivity index (χ4v) is 1.53. The second kappa shape index (κ2) is 4.12. The van der Waals surface area contributed by atoms with Crippen molar-refractivity contribution in [1.82, 2.24) is 5.16 Å². The minimum atomic E-state index is -4.54. The zero-order chi connectivity index (χ0) is 12.5. The number of rotatable bonds is 2. The number of nitrogens with zero attached hydrogens (tertiary/aromatic N) is 1. The number of anilines is 1. The number of hydrogen-bond donors (Lipinski definition) is 1. The zero-order valence-corrected chi connectivity index (χ0v) is 8.88. The molecule has 1 aromatic heterocycles. The van der Waals surface area contributed by atoms with Crippen LogP contribution in [0.5, 0.6) is 0 Å². The van der Waals surface area contributed by atoms with Crippen molar-refractivity contribution in [3.63, 3.8) is 0 Å². The minimum Gasteiger partial charge on any atom is -0.357 e. The molecule has 3 nitrogen and oxygen atoms in total. The highest BCUT2D eigenvalue weighted by atomic mass is 19.4. The average molecular weight is 242 g/mol. The van der Waals surface area contributed by atoms with Crippen molar-refractivity contribution in [2.45, 2.75) is 6.18 Å². The van der Waals surface area contributed by atoms with E-state index in [9.17, 15) is 13.2 Å². The van der Waals surface area contributed by atoms with Crippen molar-refractivity contribution in [3.05, 3.63) is 36.0 Å². The van der Waals surface area contributed by atoms with Gasteiger partial charge in [-0.2, -0.15) is 13.2 Å². The molecular formula is C11H9F3N2O. The predicted octanol–water partition coefficient (Wildman–Crippen LogP) is 3.40. The quantitative estimate of drug-likeness (QED) is 0.877. The first-order valence-corrected chi connectivity index (χ1v) is 4.84. The van der Waals surface area contributed by atoms with Crippen molar-refractivity contribution in [3.8, 4) is 11.1 Å². The van der Waals surface area contributed by atoms with Crippen LogP contribution in [0.4, 0.5) is 19.1 Å². The minimum absolute atomic E-state index is 0.00326. The smallest absolute Gasteiger partial charge is 0.357 e. The van der Waals surface area contributed by atoms with Crippen LogP contribution in [-0.2, 0) is 6.18 Å². The summed E-state index contributed by atoms with van der Waals surface area (Å²) in [7, 11) is 1.48. The molecule has 0 radical (unpaired) electrons. The Morgan fingerprint density at radius 3 is 2.35 bits per heavy atom. The van der Waals surface area contributed by atoms with Gasteiger partial charge in [-0.3, -0.25) is 0 Å². The third-order valence-electron chi connectivity index (χ3n) is 2.25. The second-order valence-corrected chi connectivity index (χ2v) is 3.35. The second-order valence-electron chi connectivity index (χ2n) is 3.35. The summed E-state index contributed by atoms with van der Waals surface area (Å²) >= 11 is 0. The van der Waals surface area contributed by atoms with Gasteiger partial charge in [-0.15, -0.1) is 0 Å². The molecule has 0 atom stereocenters. The van der Waals surface area contributed by atoms with Crippen LogP contribution in [0.1, 0.15) is 5.69 Å². The molecule has 0 amide bonds. The van der Waals surface area contributed by atoms with E-state index in [-0.39, 0.29) is 11.4 Å². The van der Waals surface area contributed by atoms with E-state index in [1.54, 1.807) is 30.3 Å². The molecule has 0 spiro atoms. The van der Waals surface area contributed by atoms with Gasteiger partial charge in [0.15, 0.2) is 5.69 Å². The number of halogens is 3. The van der Waals surface area contributed by atoms with E-state index in [4.69, 9.17) is 0 Å². The summed E-state index contributed by atoms with van der Waals surface area (Å²) in [5.74, 6) is 0.00326. The molecule has 2 rings (SSSR count). The molecule has 1 N–H and O–H groups in total. The van der Waals surface area contributed by atoms with E-state index < -0.39 is 11.9 Å². The monoisotopic (exact) mass is 242 g/mol. The van der Waals surface area contributed by atoms with Gasteiger partial charge >= 0.3 is 6.18 Å². The van der Waals surface area contributed by atoms with Gasteiger partial charge in [0.1, 0.15) is 0 Å². The summed E-state index contributed by atoms with van der Waals surface area (Å²) in [6.07, 6.45) is -4.54. The van der Waals surface area contributed by atoms with Gasteiger partial charge in [0, 0.05) is 7.05 Å². The average Bonchev–Trinajstić information content (AvgIpc) is 2.73. The highest BCUT2D eigenvalue weighted by Gasteiger charge is 2.39. The normalized spacial score (nSPS) is 11.5. The van der Waals surface area contributed by atoms with E-state index in [0.717, 1.165) is 0 Å². The van der Waals surface area contributed by atoms with Crippen molar-refractivity contribution in [2.24, 2.45) is 0 Å². The largest absolute Gasteiger partial charge is 0.437 e. The lowest BCUT2D eigenvalue weighted by Crippen LogP contribution is -2.07. The lowest BCUT2D eigenvalue weighted by molar-refractivity contribution is -0.142. The molecule has 1 aromatic carbocycles. The summed E-state index contributed by atoms with van der Waals surface area (Å²) in [6.45, 7) is 0. The van der Waals surface area contributed by atoms with E-state index >= 15 is 0 Å². The molecular weight excluding hydrogens is 233 g/mol. The topological polar surface area (TPSA) is 38.1 Å². The summed E-state index contributed by atoms with van der Waals surface area (Å²) < 4.78 is 42.8. The van der Waals surface area contributed by atoms with Crippen LogP contribution in [0, 0.1) is 0 Å². The lowest BCUT2D eigenvalue weighted by atomic mass is 10.1. The maximum Gasteiger partial charge on any atom is 0.437 e. The van der Waals surface area contributed by atoms with Crippen LogP contribution in [-0.4, -0.2) is 12.2 Å². The molecule has 0 fully saturated rings. The fraction of sp³-hybridized carbons (Fsp3) is 0.182. The highest BCUT2D eigenvalue weighted by molar-refractivity contribution is 5.76. The molecule has 0 unspecified atom stereocenters. The Labute approximate surface area is 95.2 Å². The Bertz CT molecular complexity index is 505. The van der Waals surface area contributed by atoms with Gasteiger partial charge < -0.3 is 9.84 Å². The standard InChI is InChI=1S/C11H9F3N2O/c1-15-10-8(7-5-3-2-4-6-7)9(16-17-10)11(12,13)14/h2-6,15H,1H3. The molecule has 0 aliphatic heterocycles. The number of benzene rings is 1. The Balaban J connectivity index is 2.62. The van der Waals surface area contributed by atoms with Gasteiger partial charge in [-0.05, 0) is 5.56 Å². The van der Waals surface area contributed by atoms with E-state index in [1.165, 1.54) is 7.05 Å². The van der Waals surface area contributed by atoms with Crippen molar-refractivity contribution < 1.29 is 17.7 Å². The van der Waals surface area contributed by atoms with E-state index in [0.29, 0.717) is 5.56 Å². The molecule has 2 aromatic rings. The number of aromatic nitrogens is 1. The predicted molar refractivity (Wildman–Crippen MR) is 56.5 cm³/mol. The fourth-order valence-electron chi connectivity index (χ4n) is 1.53. The number of alkyl halides is 3. The van der Waals surface area contributed by atoms with Crippen molar-refractivity contribution >= 4 is 5.88 Å². The van der Waals surface area contributed by atoms with Crippen LogP contribution in [0.25, 0.3) is 11.1 Å². The van der Waals surface area contributed by atoms with Crippen LogP contribution in [0.2, 0.25) is 0 Å². The molecule has 1 heterocycles. The Morgan fingerprint density at radius 2 is 1.82 bits per heavy atom. The Kier molecular flexibility index (Phi) is 2.79. The third-order valence-corrected chi connectivity index (χ3v) is 2.25. The first-order chi connectivity index (χ1) is 8.04. The SMILES string of the molecule is CNc1onc(C(F)(F)F)c1-c1ccccc1. The third kappa shape index (κ3) is 2.11. The van der Waals surface area contributed by atoms with Crippen LogP contribution < -0.4 is 5.32 Å². The molecule has 0 saturated heterocycles. The van der Waals surface area contributed by atoms with Gasteiger partial charge in [0.05, 0.1) is 5.56 Å². The lowest BCUT2D eigenvalue weighted by Gasteiger charge is -2.06. The van der Waals surface area contributed by atoms with E-state index in [1.807, 2.05) is 0 Å². The maximum atomic E-state index is 12.7. The zero-order valence-electron chi connectivity index (χ0n) is 8.88. The molecule has 6 heteroatoms. The van der Waals surface area contributed by atoms with Crippen LogP contribution in [0.3, 0.4) is 0 Å². The Hall–Kier alpha value is -1.98. The summed E-state index contributed by atoms with van der Waals surface area (Å²) in [6, 6.07) is 8.18. The highest BCUT2D eigenvalue weighted by Crippen LogP contribution is 2.40.